The van der Waals surface area contributed by atoms with Gasteiger partial charge in [0, 0.05) is 6.61 Å². The second kappa shape index (κ2) is 4.07. The van der Waals surface area contributed by atoms with E-state index in [4.69, 9.17) is 5.11 Å². The average Bonchev–Trinajstić information content (AvgIpc) is 1.88. The van der Waals surface area contributed by atoms with Gasteiger partial charge in [-0.2, -0.15) is 0 Å². The van der Waals surface area contributed by atoms with Gasteiger partial charge in [0.25, 0.3) is 0 Å². The van der Waals surface area contributed by atoms with Crippen molar-refractivity contribution in [1.82, 2.24) is 0 Å². The van der Waals surface area contributed by atoms with E-state index >= 15 is 0 Å². The van der Waals surface area contributed by atoms with E-state index in [-0.39, 0.29) is 18.1 Å². The fourth-order valence-corrected chi connectivity index (χ4v) is 0.977. The van der Waals surface area contributed by atoms with Gasteiger partial charge in [0.15, 0.2) is 0 Å². The van der Waals surface area contributed by atoms with Crippen molar-refractivity contribution >= 4 is 0 Å². The van der Waals surface area contributed by atoms with Gasteiger partial charge in [0.2, 0.25) is 0 Å². The summed E-state index contributed by atoms with van der Waals surface area (Å²) >= 11 is 0. The lowest BCUT2D eigenvalue weighted by Gasteiger charge is -2.34. The molecule has 0 aromatic rings. The minimum absolute atomic E-state index is 0.0945. The molecule has 1 unspecified atom stereocenters. The van der Waals surface area contributed by atoms with E-state index < -0.39 is 0 Å². The van der Waals surface area contributed by atoms with Crippen LogP contribution in [0.15, 0.2) is 0 Å². The Morgan fingerprint density at radius 1 is 1.27 bits per heavy atom. The molecule has 2 nitrogen and oxygen atoms in total. The summed E-state index contributed by atoms with van der Waals surface area (Å²) in [6.45, 7) is 8.12. The standard InChI is InChI=1S/C9H20O2/c1-7(5-6-10)9(3,4)8(2)11/h7-8,10-11H,5-6H2,1-4H3/t7-,8?/m0/s1. The molecule has 0 bridgehead atoms. The zero-order valence-corrected chi connectivity index (χ0v) is 7.96. The molecular formula is C9H20O2. The highest BCUT2D eigenvalue weighted by Gasteiger charge is 2.30. The lowest BCUT2D eigenvalue weighted by Crippen LogP contribution is -2.33. The molecule has 0 aliphatic rings. The van der Waals surface area contributed by atoms with E-state index in [1.165, 1.54) is 0 Å². The average molecular weight is 160 g/mol. The zero-order chi connectivity index (χ0) is 9.07. The van der Waals surface area contributed by atoms with Gasteiger partial charge in [0.1, 0.15) is 0 Å². The highest BCUT2D eigenvalue weighted by Crippen LogP contribution is 2.32. The Morgan fingerprint density at radius 2 is 1.73 bits per heavy atom. The molecule has 2 heteroatoms. The normalized spacial score (nSPS) is 18.0. The van der Waals surface area contributed by atoms with Gasteiger partial charge in [0.05, 0.1) is 6.10 Å². The van der Waals surface area contributed by atoms with Gasteiger partial charge in [-0.1, -0.05) is 20.8 Å². The molecule has 0 heterocycles. The van der Waals surface area contributed by atoms with Gasteiger partial charge in [-0.05, 0) is 24.7 Å². The lowest BCUT2D eigenvalue weighted by molar-refractivity contribution is 0.0172. The molecule has 0 aliphatic heterocycles. The van der Waals surface area contributed by atoms with E-state index in [2.05, 4.69) is 6.92 Å². The number of hydrogen-bond acceptors (Lipinski definition) is 2. The van der Waals surface area contributed by atoms with E-state index in [1.807, 2.05) is 13.8 Å². The summed E-state index contributed by atoms with van der Waals surface area (Å²) in [6, 6.07) is 0. The molecule has 0 amide bonds. The Bertz CT molecular complexity index is 108. The molecule has 0 aliphatic carbocycles. The summed E-state index contributed by atoms with van der Waals surface area (Å²) in [5.41, 5.74) is -0.0945. The van der Waals surface area contributed by atoms with Crippen molar-refractivity contribution in [3.63, 3.8) is 0 Å². The minimum Gasteiger partial charge on any atom is -0.396 e. The number of hydrogen-bond donors (Lipinski definition) is 2. The van der Waals surface area contributed by atoms with Gasteiger partial charge >= 0.3 is 0 Å². The molecular weight excluding hydrogens is 140 g/mol. The first-order valence-corrected chi connectivity index (χ1v) is 4.21. The Hall–Kier alpha value is -0.0800. The smallest absolute Gasteiger partial charge is 0.0565 e. The van der Waals surface area contributed by atoms with Crippen LogP contribution in [0.2, 0.25) is 0 Å². The molecule has 11 heavy (non-hydrogen) atoms. The molecule has 68 valence electrons. The van der Waals surface area contributed by atoms with Crippen molar-refractivity contribution in [2.24, 2.45) is 11.3 Å². The van der Waals surface area contributed by atoms with Crippen LogP contribution in [-0.4, -0.2) is 22.9 Å². The Labute approximate surface area is 69.2 Å². The van der Waals surface area contributed by atoms with Crippen molar-refractivity contribution < 1.29 is 10.2 Å². The predicted molar refractivity (Wildman–Crippen MR) is 46.3 cm³/mol. The maximum atomic E-state index is 9.40. The van der Waals surface area contributed by atoms with Crippen LogP contribution in [0.1, 0.15) is 34.1 Å². The molecule has 0 saturated carbocycles. The second-order valence-corrected chi connectivity index (χ2v) is 3.91. The quantitative estimate of drug-likeness (QED) is 0.653. The van der Waals surface area contributed by atoms with Gasteiger partial charge in [-0.3, -0.25) is 0 Å². The highest BCUT2D eigenvalue weighted by atomic mass is 16.3. The molecule has 0 spiro atoms. The maximum absolute atomic E-state index is 9.40. The zero-order valence-electron chi connectivity index (χ0n) is 7.96. The fraction of sp³-hybridized carbons (Fsp3) is 1.00. The molecule has 0 rings (SSSR count). The topological polar surface area (TPSA) is 40.5 Å². The van der Waals surface area contributed by atoms with Crippen LogP contribution >= 0.6 is 0 Å². The summed E-state index contributed by atoms with van der Waals surface area (Å²) in [6.07, 6.45) is 0.446. The van der Waals surface area contributed by atoms with Crippen molar-refractivity contribution in [2.45, 2.75) is 40.2 Å². The largest absolute Gasteiger partial charge is 0.396 e. The minimum atomic E-state index is -0.316. The third-order valence-corrected chi connectivity index (χ3v) is 2.91. The van der Waals surface area contributed by atoms with Crippen molar-refractivity contribution in [3.05, 3.63) is 0 Å². The summed E-state index contributed by atoms with van der Waals surface area (Å²) < 4.78 is 0. The first kappa shape index (κ1) is 10.9. The second-order valence-electron chi connectivity index (χ2n) is 3.91. The summed E-state index contributed by atoms with van der Waals surface area (Å²) in [7, 11) is 0. The SMILES string of the molecule is CC(O)C(C)(C)[C@@H](C)CCO. The Kier molecular flexibility index (Phi) is 4.04. The van der Waals surface area contributed by atoms with Crippen LogP contribution in [0.3, 0.4) is 0 Å². The molecule has 0 aromatic carbocycles. The predicted octanol–water partition coefficient (Wildman–Crippen LogP) is 1.41. The number of aliphatic hydroxyl groups excluding tert-OH is 2. The third-order valence-electron chi connectivity index (χ3n) is 2.91. The van der Waals surface area contributed by atoms with Crippen LogP contribution in [0.25, 0.3) is 0 Å². The van der Waals surface area contributed by atoms with E-state index in [9.17, 15) is 5.11 Å². The van der Waals surface area contributed by atoms with Crippen molar-refractivity contribution in [3.8, 4) is 0 Å². The highest BCUT2D eigenvalue weighted by molar-refractivity contribution is 4.79. The molecule has 0 aromatic heterocycles. The first-order chi connectivity index (χ1) is 4.92. The lowest BCUT2D eigenvalue weighted by atomic mass is 9.74. The Morgan fingerprint density at radius 3 is 2.00 bits per heavy atom. The number of aliphatic hydroxyl groups is 2. The van der Waals surface area contributed by atoms with Crippen LogP contribution < -0.4 is 0 Å². The molecule has 0 saturated heterocycles. The molecule has 2 N–H and O–H groups in total. The summed E-state index contributed by atoms with van der Waals surface area (Å²) in [5.74, 6) is 0.354. The summed E-state index contributed by atoms with van der Waals surface area (Å²) in [5, 5.41) is 18.1. The summed E-state index contributed by atoms with van der Waals surface area (Å²) in [4.78, 5) is 0. The van der Waals surface area contributed by atoms with Crippen molar-refractivity contribution in [2.75, 3.05) is 6.61 Å². The Balaban J connectivity index is 4.05. The molecule has 2 atom stereocenters. The van der Waals surface area contributed by atoms with Crippen LogP contribution in [0, 0.1) is 11.3 Å². The van der Waals surface area contributed by atoms with Crippen LogP contribution in [0.5, 0.6) is 0 Å². The van der Waals surface area contributed by atoms with E-state index in [0.29, 0.717) is 5.92 Å². The van der Waals surface area contributed by atoms with Gasteiger partial charge in [-0.25, -0.2) is 0 Å². The fourth-order valence-electron chi connectivity index (χ4n) is 0.977. The number of rotatable bonds is 4. The first-order valence-electron chi connectivity index (χ1n) is 4.21. The monoisotopic (exact) mass is 160 g/mol. The van der Waals surface area contributed by atoms with Crippen LogP contribution in [0.4, 0.5) is 0 Å². The third kappa shape index (κ3) is 2.80. The van der Waals surface area contributed by atoms with E-state index in [1.54, 1.807) is 6.92 Å². The van der Waals surface area contributed by atoms with Gasteiger partial charge < -0.3 is 10.2 Å². The molecule has 0 fully saturated rings. The van der Waals surface area contributed by atoms with E-state index in [0.717, 1.165) is 6.42 Å². The van der Waals surface area contributed by atoms with Crippen molar-refractivity contribution in [1.29, 1.82) is 0 Å². The maximum Gasteiger partial charge on any atom is 0.0565 e. The molecule has 0 radical (unpaired) electrons. The van der Waals surface area contributed by atoms with Crippen LogP contribution in [-0.2, 0) is 0 Å². The van der Waals surface area contributed by atoms with Gasteiger partial charge in [-0.15, -0.1) is 0 Å².